The molecule has 112 valence electrons. The molecule has 0 aliphatic rings. The second kappa shape index (κ2) is 5.12. The molecule has 0 aromatic heterocycles. The Hall–Kier alpha value is -1.51. The summed E-state index contributed by atoms with van der Waals surface area (Å²) in [7, 11) is 0. The molecule has 0 saturated heterocycles. The lowest BCUT2D eigenvalue weighted by Gasteiger charge is -2.50. The Kier molecular flexibility index (Phi) is 4.23. The quantitative estimate of drug-likeness (QED) is 0.875. The molecule has 0 aliphatic carbocycles. The van der Waals surface area contributed by atoms with Crippen LogP contribution in [-0.4, -0.2) is 16.2 Å². The van der Waals surface area contributed by atoms with Gasteiger partial charge in [0.2, 0.25) is 0 Å². The highest BCUT2D eigenvalue weighted by atomic mass is 16.4. The van der Waals surface area contributed by atoms with Crippen molar-refractivity contribution in [2.45, 2.75) is 48.0 Å². The Morgan fingerprint density at radius 3 is 1.80 bits per heavy atom. The number of benzene rings is 1. The van der Waals surface area contributed by atoms with Crippen LogP contribution in [0, 0.1) is 16.2 Å². The Bertz CT molecular complexity index is 476. The Balaban J connectivity index is 3.47. The number of phenols is 1. The molecule has 0 heterocycles. The molecule has 0 aliphatic heterocycles. The summed E-state index contributed by atoms with van der Waals surface area (Å²) in [4.78, 5) is 12.1. The normalized spacial score (nSPS) is 13.3. The topological polar surface area (TPSA) is 57.5 Å². The number of hydrogen-bond acceptors (Lipinski definition) is 2. The molecular formula is C17H26O3. The first kappa shape index (κ1) is 16.5. The minimum Gasteiger partial charge on any atom is -0.508 e. The van der Waals surface area contributed by atoms with Gasteiger partial charge in [-0.1, -0.05) is 59.7 Å². The zero-order chi connectivity index (χ0) is 15.8. The van der Waals surface area contributed by atoms with Gasteiger partial charge in [-0.15, -0.1) is 0 Å². The maximum absolute atomic E-state index is 12.1. The van der Waals surface area contributed by atoms with E-state index < -0.39 is 22.2 Å². The predicted molar refractivity (Wildman–Crippen MR) is 80.8 cm³/mol. The largest absolute Gasteiger partial charge is 0.508 e. The van der Waals surface area contributed by atoms with Crippen LogP contribution in [0.4, 0.5) is 0 Å². The molecule has 0 radical (unpaired) electrons. The van der Waals surface area contributed by atoms with Gasteiger partial charge in [0.15, 0.2) is 0 Å². The van der Waals surface area contributed by atoms with Crippen LogP contribution < -0.4 is 0 Å². The highest BCUT2D eigenvalue weighted by Gasteiger charge is 2.56. The van der Waals surface area contributed by atoms with Gasteiger partial charge in [-0.3, -0.25) is 4.79 Å². The summed E-state index contributed by atoms with van der Waals surface area (Å²) in [6.07, 6.45) is 0.308. The summed E-state index contributed by atoms with van der Waals surface area (Å²) in [5.74, 6) is -0.660. The third kappa shape index (κ3) is 2.67. The molecule has 2 N–H and O–H groups in total. The third-order valence-electron chi connectivity index (χ3n) is 4.37. The van der Waals surface area contributed by atoms with E-state index in [-0.39, 0.29) is 5.75 Å². The van der Waals surface area contributed by atoms with Crippen molar-refractivity contribution in [2.24, 2.45) is 16.2 Å². The number of phenolic OH excluding ortho intramolecular Hbond substituents is 1. The van der Waals surface area contributed by atoms with Crippen LogP contribution in [-0.2, 0) is 11.2 Å². The fraction of sp³-hybridized carbons (Fsp3) is 0.588. The lowest BCUT2D eigenvalue weighted by molar-refractivity contribution is -0.168. The second-order valence-corrected chi connectivity index (χ2v) is 7.52. The maximum Gasteiger partial charge on any atom is 0.311 e. The van der Waals surface area contributed by atoms with Crippen molar-refractivity contribution in [3.05, 3.63) is 29.8 Å². The van der Waals surface area contributed by atoms with Crippen LogP contribution in [0.2, 0.25) is 0 Å². The van der Waals surface area contributed by atoms with Gasteiger partial charge in [0.05, 0.1) is 5.41 Å². The zero-order valence-electron chi connectivity index (χ0n) is 13.3. The first-order valence-corrected chi connectivity index (χ1v) is 6.94. The number of hydrogen-bond donors (Lipinski definition) is 2. The third-order valence-corrected chi connectivity index (χ3v) is 4.37. The maximum atomic E-state index is 12.1. The first-order chi connectivity index (χ1) is 8.93. The molecule has 1 aromatic carbocycles. The Morgan fingerprint density at radius 1 is 1.00 bits per heavy atom. The van der Waals surface area contributed by atoms with Gasteiger partial charge in [0.1, 0.15) is 5.75 Å². The lowest BCUT2D eigenvalue weighted by atomic mass is 9.52. The van der Waals surface area contributed by atoms with E-state index in [2.05, 4.69) is 0 Å². The van der Waals surface area contributed by atoms with Crippen molar-refractivity contribution in [1.82, 2.24) is 0 Å². The standard InChI is InChI=1S/C17H26O3/c1-15(2,3)17(14(19)20,16(4,5)6)11-12-9-7-8-10-13(12)18/h7-10,18H,11H2,1-6H3,(H,19,20). The molecule has 0 bridgehead atoms. The van der Waals surface area contributed by atoms with E-state index in [4.69, 9.17) is 0 Å². The Morgan fingerprint density at radius 2 is 1.45 bits per heavy atom. The van der Waals surface area contributed by atoms with Gasteiger partial charge in [0.25, 0.3) is 0 Å². The molecule has 3 heteroatoms. The van der Waals surface area contributed by atoms with E-state index in [0.717, 1.165) is 0 Å². The fourth-order valence-electron chi connectivity index (χ4n) is 3.32. The summed E-state index contributed by atoms with van der Waals surface area (Å²) in [5, 5.41) is 20.0. The van der Waals surface area contributed by atoms with Crippen LogP contribution >= 0.6 is 0 Å². The number of carbonyl (C=O) groups is 1. The van der Waals surface area contributed by atoms with E-state index in [1.165, 1.54) is 0 Å². The molecule has 0 amide bonds. The van der Waals surface area contributed by atoms with Gasteiger partial charge in [0, 0.05) is 0 Å². The van der Waals surface area contributed by atoms with E-state index in [0.29, 0.717) is 12.0 Å². The summed E-state index contributed by atoms with van der Waals surface area (Å²) in [6.45, 7) is 11.7. The van der Waals surface area contributed by atoms with Crippen LogP contribution in [0.1, 0.15) is 47.1 Å². The van der Waals surface area contributed by atoms with Crippen molar-refractivity contribution >= 4 is 5.97 Å². The number of aromatic hydroxyl groups is 1. The average molecular weight is 278 g/mol. The second-order valence-electron chi connectivity index (χ2n) is 7.52. The van der Waals surface area contributed by atoms with Gasteiger partial charge < -0.3 is 10.2 Å². The number of rotatable bonds is 3. The van der Waals surface area contributed by atoms with Crippen LogP contribution in [0.5, 0.6) is 5.75 Å². The van der Waals surface area contributed by atoms with Crippen molar-refractivity contribution in [3.63, 3.8) is 0 Å². The summed E-state index contributed by atoms with van der Waals surface area (Å²) >= 11 is 0. The van der Waals surface area contributed by atoms with E-state index in [1.54, 1.807) is 18.2 Å². The number of aliphatic carboxylic acids is 1. The molecule has 0 unspecified atom stereocenters. The Labute approximate surface area is 121 Å². The first-order valence-electron chi connectivity index (χ1n) is 6.94. The van der Waals surface area contributed by atoms with Gasteiger partial charge in [-0.25, -0.2) is 0 Å². The number of carboxylic acids is 1. The minimum absolute atomic E-state index is 0.159. The van der Waals surface area contributed by atoms with E-state index >= 15 is 0 Å². The summed E-state index contributed by atoms with van der Waals surface area (Å²) in [6, 6.07) is 6.97. The SMILES string of the molecule is CC(C)(C)C(Cc1ccccc1O)(C(=O)O)C(C)(C)C. The smallest absolute Gasteiger partial charge is 0.311 e. The van der Waals surface area contributed by atoms with E-state index in [9.17, 15) is 15.0 Å². The highest BCUT2D eigenvalue weighted by Crippen LogP contribution is 2.54. The zero-order valence-corrected chi connectivity index (χ0v) is 13.3. The highest BCUT2D eigenvalue weighted by molar-refractivity contribution is 5.77. The molecule has 0 saturated carbocycles. The van der Waals surface area contributed by atoms with Crippen molar-refractivity contribution < 1.29 is 15.0 Å². The monoisotopic (exact) mass is 278 g/mol. The summed E-state index contributed by atoms with van der Waals surface area (Å²) in [5.41, 5.74) is -1.18. The predicted octanol–water partition coefficient (Wildman–Crippen LogP) is 4.10. The summed E-state index contributed by atoms with van der Waals surface area (Å²) < 4.78 is 0. The molecule has 1 aromatic rings. The van der Waals surface area contributed by atoms with Gasteiger partial charge in [-0.2, -0.15) is 0 Å². The molecule has 0 atom stereocenters. The van der Waals surface area contributed by atoms with Crippen molar-refractivity contribution in [1.29, 1.82) is 0 Å². The molecule has 0 spiro atoms. The lowest BCUT2D eigenvalue weighted by Crippen LogP contribution is -2.53. The molecular weight excluding hydrogens is 252 g/mol. The van der Waals surface area contributed by atoms with Crippen LogP contribution in [0.3, 0.4) is 0 Å². The molecule has 20 heavy (non-hydrogen) atoms. The van der Waals surface area contributed by atoms with Crippen molar-refractivity contribution in [2.75, 3.05) is 0 Å². The van der Waals surface area contributed by atoms with Crippen molar-refractivity contribution in [3.8, 4) is 5.75 Å². The van der Waals surface area contributed by atoms with Crippen LogP contribution in [0.15, 0.2) is 24.3 Å². The van der Waals surface area contributed by atoms with Gasteiger partial charge in [-0.05, 0) is 28.9 Å². The molecule has 0 fully saturated rings. The molecule has 1 rings (SSSR count). The van der Waals surface area contributed by atoms with Crippen LogP contribution in [0.25, 0.3) is 0 Å². The average Bonchev–Trinajstić information content (AvgIpc) is 2.23. The van der Waals surface area contributed by atoms with E-state index in [1.807, 2.05) is 47.6 Å². The minimum atomic E-state index is -0.973. The van der Waals surface area contributed by atoms with Gasteiger partial charge >= 0.3 is 5.97 Å². The number of para-hydroxylation sites is 1. The number of carboxylic acid groups (broad SMARTS) is 1. The molecule has 3 nitrogen and oxygen atoms in total. The fourth-order valence-corrected chi connectivity index (χ4v) is 3.32.